The van der Waals surface area contributed by atoms with Crippen molar-refractivity contribution < 1.29 is 62.0 Å². The fraction of sp³-hybridized carbons (Fsp3) is 0.524. The normalized spacial score (nSPS) is 13.6. The number of phenols is 2. The molecule has 0 aliphatic heterocycles. The summed E-state index contributed by atoms with van der Waals surface area (Å²) in [6.07, 6.45) is 11.0. The van der Waals surface area contributed by atoms with E-state index in [0.717, 1.165) is 81.6 Å². The quantitative estimate of drug-likeness (QED) is 0.0197. The summed E-state index contributed by atoms with van der Waals surface area (Å²) in [6, 6.07) is 47.7. The molecule has 6 rings (SSSR count). The first-order valence-corrected chi connectivity index (χ1v) is 34.4. The maximum absolute atomic E-state index is 11.3. The number of esters is 1. The van der Waals surface area contributed by atoms with Crippen molar-refractivity contribution in [2.75, 3.05) is 13.2 Å². The van der Waals surface area contributed by atoms with E-state index in [1.54, 1.807) is 24.3 Å². The predicted molar refractivity (Wildman–Crippen MR) is 386 cm³/mol. The molecule has 511 valence electrons. The second kappa shape index (κ2) is 50.7. The van der Waals surface area contributed by atoms with Gasteiger partial charge in [-0.3, -0.25) is 4.79 Å². The molecule has 0 heterocycles. The van der Waals surface area contributed by atoms with Crippen molar-refractivity contribution >= 4 is 5.97 Å². The average Bonchev–Trinajstić information content (AvgIpc) is 3.70. The van der Waals surface area contributed by atoms with Crippen LogP contribution in [-0.4, -0.2) is 48.1 Å². The van der Waals surface area contributed by atoms with Crippen molar-refractivity contribution in [3.8, 4) is 34.5 Å². The zero-order valence-corrected chi connectivity index (χ0v) is 61.9. The van der Waals surface area contributed by atoms with Gasteiger partial charge in [0, 0.05) is 13.0 Å². The van der Waals surface area contributed by atoms with Crippen LogP contribution in [0.4, 0.5) is 0 Å². The molecular weight excluding hydrogens is 1180 g/mol. The molecule has 0 aliphatic rings. The van der Waals surface area contributed by atoms with Gasteiger partial charge in [0.15, 0.2) is 12.6 Å². The Bertz CT molecular complexity index is 2640. The molecular formula is C82H124O9V. The summed E-state index contributed by atoms with van der Waals surface area (Å²) in [7, 11) is 0. The molecule has 0 saturated carbocycles. The molecule has 9 unspecified atom stereocenters. The van der Waals surface area contributed by atoms with E-state index < -0.39 is 0 Å². The van der Waals surface area contributed by atoms with Crippen LogP contribution in [0.25, 0.3) is 0 Å². The third-order valence-electron chi connectivity index (χ3n) is 16.2. The largest absolute Gasteiger partial charge is 2.00 e. The van der Waals surface area contributed by atoms with Gasteiger partial charge in [-0.15, -0.1) is 6.42 Å². The predicted octanol–water partition coefficient (Wildman–Crippen LogP) is 23.7. The molecule has 0 aliphatic carbocycles. The molecule has 2 N–H and O–H groups in total. The van der Waals surface area contributed by atoms with Gasteiger partial charge in [-0.05, 0) is 220 Å². The summed E-state index contributed by atoms with van der Waals surface area (Å²) in [5.41, 5.74) is 7.99. The minimum atomic E-state index is -0.230. The summed E-state index contributed by atoms with van der Waals surface area (Å²) < 4.78 is 33.5. The molecule has 1 radical (unpaired) electrons. The number of carbonyl (C=O) groups is 1. The van der Waals surface area contributed by atoms with Gasteiger partial charge in [0.25, 0.3) is 0 Å². The number of rotatable bonds is 30. The molecule has 0 fully saturated rings. The van der Waals surface area contributed by atoms with Crippen LogP contribution in [-0.2, 0) is 32.8 Å². The summed E-state index contributed by atoms with van der Waals surface area (Å²) in [4.78, 5) is 11.3. The number of benzene rings is 6. The Balaban J connectivity index is 0.00000109. The maximum atomic E-state index is 11.3. The van der Waals surface area contributed by atoms with Crippen molar-refractivity contribution in [2.45, 2.75) is 256 Å². The van der Waals surface area contributed by atoms with Crippen LogP contribution in [0.3, 0.4) is 0 Å². The van der Waals surface area contributed by atoms with E-state index in [0.29, 0.717) is 77.6 Å². The van der Waals surface area contributed by atoms with Crippen LogP contribution in [0.2, 0.25) is 0 Å². The first-order valence-electron chi connectivity index (χ1n) is 34.4. The van der Waals surface area contributed by atoms with Crippen molar-refractivity contribution in [2.24, 2.45) is 11.8 Å². The van der Waals surface area contributed by atoms with Crippen molar-refractivity contribution in [1.82, 2.24) is 0 Å². The molecule has 6 aromatic rings. The van der Waals surface area contributed by atoms with E-state index in [4.69, 9.17) is 38.6 Å². The van der Waals surface area contributed by atoms with Gasteiger partial charge in [-0.1, -0.05) is 183 Å². The molecule has 0 aromatic heterocycles. The minimum absolute atomic E-state index is 0. The Morgan fingerprint density at radius 1 is 0.402 bits per heavy atom. The minimum Gasteiger partial charge on any atom is -0.508 e. The Hall–Kier alpha value is -5.71. The number of hydrogen-bond donors (Lipinski definition) is 2. The molecule has 0 bridgehead atoms. The Labute approximate surface area is 573 Å². The smallest absolute Gasteiger partial charge is 0.508 e. The van der Waals surface area contributed by atoms with Crippen LogP contribution in [0.1, 0.15) is 271 Å². The van der Waals surface area contributed by atoms with Crippen LogP contribution in [0.15, 0.2) is 146 Å². The first-order chi connectivity index (χ1) is 43.4. The number of aromatic hydroxyl groups is 2. The average molecular weight is 1300 g/mol. The number of carbonyl (C=O) groups excluding carboxylic acids is 1. The Morgan fingerprint density at radius 3 is 0.957 bits per heavy atom. The third-order valence-corrected chi connectivity index (χ3v) is 16.2. The first kappa shape index (κ1) is 86.3. The summed E-state index contributed by atoms with van der Waals surface area (Å²) in [6.45, 7) is 49.9. The summed E-state index contributed by atoms with van der Waals surface area (Å²) >= 11 is 0. The topological polar surface area (TPSA) is 113 Å². The van der Waals surface area contributed by atoms with Crippen LogP contribution < -0.4 is 18.9 Å². The van der Waals surface area contributed by atoms with Gasteiger partial charge in [-0.25, -0.2) is 0 Å². The second-order valence-electron chi connectivity index (χ2n) is 25.0. The fourth-order valence-corrected chi connectivity index (χ4v) is 8.78. The maximum Gasteiger partial charge on any atom is 2.00 e. The van der Waals surface area contributed by atoms with Gasteiger partial charge in [0.05, 0.1) is 12.7 Å². The molecule has 10 heteroatoms. The van der Waals surface area contributed by atoms with E-state index in [1.807, 2.05) is 107 Å². The summed E-state index contributed by atoms with van der Waals surface area (Å²) in [5, 5.41) is 18.0. The SMILES string of the molecule is CCC(C)c1ccc(O)cc1.CCC(C)c1ccc(O)cc1.CCC(C)c1ccc(OC(C)C)cc1.CCC(C)c1ccc(OC(C)OCC(C)C)cc1.CCCC(=O)Oc1ccc(C(C)CC)cc1.[CH2-]CCC([CH2-])CCOC(C)Oc1ccc(C(C)CC)cc1.[V+2]. The standard InChI is InChI=1S/C19H30O2.C16H26O2.C14H20O2.C13H20O.2C10H14O.V/c1-6-8-15(3)13-14-20-17(5)21-19-11-9-18(10-12-19)16(4)7-2;1-6-13(4)15-7-9-16(10-8-15)18-14(5)17-11-12(2)3;1-4-6-14(15)16-13-9-7-12(8-10-13)11(3)5-2;1-5-11(4)12-6-8-13(9-7-12)14-10(2)3;2*1-3-8(2)9-4-6-10(11)7-5-9;/h9-12,15-17H,1,3,6-8,13-14H2,2,4-5H3;7-10,12-14H,6,11H2,1-5H3;7-11H,4-6H2,1-3H3;6-11H,5H2,1-4H3;2*4-8,11H,3H2,1-2H3;/q-2;;;;;;+2. The number of hydrogen-bond acceptors (Lipinski definition) is 9. The molecule has 6 aromatic carbocycles. The van der Waals surface area contributed by atoms with Gasteiger partial charge in [-0.2, -0.15) is 12.3 Å². The van der Waals surface area contributed by atoms with Gasteiger partial charge >= 0.3 is 24.5 Å². The Morgan fingerprint density at radius 2 is 0.685 bits per heavy atom. The van der Waals surface area contributed by atoms with E-state index in [1.165, 1.54) is 39.8 Å². The molecule has 0 saturated heterocycles. The van der Waals surface area contributed by atoms with Crippen LogP contribution in [0.5, 0.6) is 34.5 Å². The van der Waals surface area contributed by atoms with Crippen molar-refractivity contribution in [1.29, 1.82) is 0 Å². The van der Waals surface area contributed by atoms with Gasteiger partial charge < -0.3 is 52.5 Å². The van der Waals surface area contributed by atoms with Gasteiger partial charge in [0.2, 0.25) is 0 Å². The number of phenolic OH excluding ortho intramolecular Hbond substituents is 2. The zero-order chi connectivity index (χ0) is 68.3. The molecule has 9 atom stereocenters. The second-order valence-corrected chi connectivity index (χ2v) is 25.0. The monoisotopic (exact) mass is 1300 g/mol. The molecule has 9 nitrogen and oxygen atoms in total. The van der Waals surface area contributed by atoms with E-state index in [2.05, 4.69) is 159 Å². The van der Waals surface area contributed by atoms with Crippen LogP contribution in [0, 0.1) is 25.7 Å². The molecule has 92 heavy (non-hydrogen) atoms. The van der Waals surface area contributed by atoms with E-state index >= 15 is 0 Å². The van der Waals surface area contributed by atoms with E-state index in [9.17, 15) is 4.79 Å². The fourth-order valence-electron chi connectivity index (χ4n) is 8.78. The van der Waals surface area contributed by atoms with Gasteiger partial charge in [0.1, 0.15) is 34.5 Å². The van der Waals surface area contributed by atoms with Crippen molar-refractivity contribution in [3.05, 3.63) is 193 Å². The molecule has 0 amide bonds. The van der Waals surface area contributed by atoms with Crippen molar-refractivity contribution in [3.63, 3.8) is 0 Å². The van der Waals surface area contributed by atoms with E-state index in [-0.39, 0.29) is 43.2 Å². The summed E-state index contributed by atoms with van der Waals surface area (Å²) in [5.74, 6) is 8.41. The van der Waals surface area contributed by atoms with Crippen LogP contribution >= 0.6 is 0 Å². The third kappa shape index (κ3) is 38.5. The zero-order valence-electron chi connectivity index (χ0n) is 60.5. The molecule has 0 spiro atoms. The number of ether oxygens (including phenoxy) is 6. The Kier molecular flexibility index (Phi) is 47.6.